The first kappa shape index (κ1) is 11.4. The van der Waals surface area contributed by atoms with E-state index in [0.717, 1.165) is 12.1 Å². The van der Waals surface area contributed by atoms with E-state index in [0.29, 0.717) is 0 Å². The molecule has 80 valence electrons. The molecule has 0 saturated carbocycles. The summed E-state index contributed by atoms with van der Waals surface area (Å²) in [4.78, 5) is 21.0. The van der Waals surface area contributed by atoms with Crippen molar-refractivity contribution in [3.63, 3.8) is 0 Å². The van der Waals surface area contributed by atoms with Gasteiger partial charge >= 0.3 is 0 Å². The van der Waals surface area contributed by atoms with E-state index in [4.69, 9.17) is 5.26 Å². The Morgan fingerprint density at radius 1 is 1.62 bits per heavy atom. The van der Waals surface area contributed by atoms with Gasteiger partial charge in [0.25, 0.3) is 5.69 Å². The van der Waals surface area contributed by atoms with Crippen molar-refractivity contribution in [3.8, 4) is 6.07 Å². The van der Waals surface area contributed by atoms with Crippen LogP contribution in [0.1, 0.15) is 5.56 Å². The van der Waals surface area contributed by atoms with Crippen molar-refractivity contribution in [2.45, 2.75) is 0 Å². The molecule has 0 saturated heterocycles. The third-order valence-electron chi connectivity index (χ3n) is 1.77. The Morgan fingerprint density at radius 2 is 2.31 bits per heavy atom. The zero-order valence-corrected chi connectivity index (χ0v) is 8.14. The van der Waals surface area contributed by atoms with Crippen molar-refractivity contribution in [2.24, 2.45) is 0 Å². The predicted octanol–water partition coefficient (Wildman–Crippen LogP) is 1.59. The van der Waals surface area contributed by atoms with Crippen molar-refractivity contribution in [1.82, 2.24) is 0 Å². The minimum Gasteiger partial charge on any atom is -0.317 e. The Hall–Kier alpha value is -2.68. The zero-order chi connectivity index (χ0) is 12.1. The third kappa shape index (κ3) is 2.42. The van der Waals surface area contributed by atoms with Crippen LogP contribution >= 0.6 is 0 Å². The first-order chi connectivity index (χ1) is 7.58. The summed E-state index contributed by atoms with van der Waals surface area (Å²) in [6, 6.07) is 5.56. The number of amides is 1. The van der Waals surface area contributed by atoms with E-state index in [1.54, 1.807) is 6.07 Å². The molecule has 0 aliphatic heterocycles. The smallest absolute Gasteiger partial charge is 0.294 e. The van der Waals surface area contributed by atoms with E-state index in [1.165, 1.54) is 12.1 Å². The molecule has 1 amide bonds. The Morgan fingerprint density at radius 3 is 2.81 bits per heavy atom. The molecule has 0 radical (unpaired) electrons. The van der Waals surface area contributed by atoms with E-state index in [2.05, 4.69) is 11.9 Å². The van der Waals surface area contributed by atoms with Crippen LogP contribution in [0.5, 0.6) is 0 Å². The van der Waals surface area contributed by atoms with Crippen molar-refractivity contribution >= 4 is 17.3 Å². The first-order valence-corrected chi connectivity index (χ1v) is 4.20. The average molecular weight is 217 g/mol. The second-order valence-electron chi connectivity index (χ2n) is 2.79. The van der Waals surface area contributed by atoms with Gasteiger partial charge in [0.2, 0.25) is 5.91 Å². The van der Waals surface area contributed by atoms with Crippen LogP contribution < -0.4 is 5.32 Å². The molecule has 0 atom stereocenters. The number of carbonyl (C=O) groups excluding carboxylic acids is 1. The van der Waals surface area contributed by atoms with Crippen molar-refractivity contribution in [2.75, 3.05) is 5.32 Å². The molecular weight excluding hydrogens is 210 g/mol. The van der Waals surface area contributed by atoms with Crippen LogP contribution in [0.25, 0.3) is 0 Å². The molecule has 0 bridgehead atoms. The van der Waals surface area contributed by atoms with E-state index in [1.807, 2.05) is 0 Å². The zero-order valence-electron chi connectivity index (χ0n) is 8.14. The fraction of sp³-hybridized carbons (Fsp3) is 0. The lowest BCUT2D eigenvalue weighted by Crippen LogP contribution is -2.09. The number of rotatable bonds is 3. The molecule has 0 aliphatic carbocycles. The predicted molar refractivity (Wildman–Crippen MR) is 56.6 cm³/mol. The van der Waals surface area contributed by atoms with Crippen molar-refractivity contribution in [1.29, 1.82) is 5.26 Å². The SMILES string of the molecule is C=CC(=O)Nc1ccc(C#N)cc1[N+](=O)[O-]. The molecule has 0 aliphatic rings. The van der Waals surface area contributed by atoms with Gasteiger partial charge in [0.1, 0.15) is 5.69 Å². The molecule has 0 spiro atoms. The van der Waals surface area contributed by atoms with E-state index < -0.39 is 10.8 Å². The highest BCUT2D eigenvalue weighted by atomic mass is 16.6. The fourth-order valence-corrected chi connectivity index (χ4v) is 1.04. The molecule has 0 unspecified atom stereocenters. The number of nitro groups is 1. The summed E-state index contributed by atoms with van der Waals surface area (Å²) in [6.45, 7) is 3.23. The van der Waals surface area contributed by atoms with Crippen molar-refractivity contribution < 1.29 is 9.72 Å². The van der Waals surface area contributed by atoms with Gasteiger partial charge in [-0.15, -0.1) is 0 Å². The number of carbonyl (C=O) groups is 1. The van der Waals surface area contributed by atoms with E-state index >= 15 is 0 Å². The summed E-state index contributed by atoms with van der Waals surface area (Å²) in [6.07, 6.45) is 1.00. The van der Waals surface area contributed by atoms with Crippen LogP contribution in [0.3, 0.4) is 0 Å². The van der Waals surface area contributed by atoms with E-state index in [9.17, 15) is 14.9 Å². The number of nitro benzene ring substituents is 1. The van der Waals surface area contributed by atoms with Gasteiger partial charge in [0.15, 0.2) is 0 Å². The molecule has 6 nitrogen and oxygen atoms in total. The molecule has 1 N–H and O–H groups in total. The minimum absolute atomic E-state index is 0.0360. The number of hydrogen-bond donors (Lipinski definition) is 1. The number of anilines is 1. The van der Waals surface area contributed by atoms with Gasteiger partial charge in [-0.05, 0) is 18.2 Å². The maximum atomic E-state index is 11.0. The van der Waals surface area contributed by atoms with Crippen LogP contribution in [0, 0.1) is 21.4 Å². The summed E-state index contributed by atoms with van der Waals surface area (Å²) in [5.74, 6) is -0.548. The Bertz CT molecular complexity index is 503. The van der Waals surface area contributed by atoms with Gasteiger partial charge < -0.3 is 5.32 Å². The van der Waals surface area contributed by atoms with Gasteiger partial charge in [-0.25, -0.2) is 0 Å². The van der Waals surface area contributed by atoms with Crippen molar-refractivity contribution in [3.05, 3.63) is 46.5 Å². The molecule has 6 heteroatoms. The number of hydrogen-bond acceptors (Lipinski definition) is 4. The Balaban J connectivity index is 3.19. The lowest BCUT2D eigenvalue weighted by Gasteiger charge is -2.03. The second-order valence-corrected chi connectivity index (χ2v) is 2.79. The monoisotopic (exact) mass is 217 g/mol. The summed E-state index contributed by atoms with van der Waals surface area (Å²) >= 11 is 0. The highest BCUT2D eigenvalue weighted by molar-refractivity contribution is 6.00. The molecule has 16 heavy (non-hydrogen) atoms. The van der Waals surface area contributed by atoms with Gasteiger partial charge in [-0.3, -0.25) is 14.9 Å². The lowest BCUT2D eigenvalue weighted by molar-refractivity contribution is -0.383. The molecule has 1 rings (SSSR count). The fourth-order valence-electron chi connectivity index (χ4n) is 1.04. The number of nitrogens with one attached hydrogen (secondary N) is 1. The summed E-state index contributed by atoms with van der Waals surface area (Å²) in [7, 11) is 0. The number of nitrogens with zero attached hydrogens (tertiary/aromatic N) is 2. The quantitative estimate of drug-likeness (QED) is 0.472. The summed E-state index contributed by atoms with van der Waals surface area (Å²) in [5.41, 5.74) is -0.133. The van der Waals surface area contributed by atoms with Gasteiger partial charge in [-0.1, -0.05) is 6.58 Å². The maximum Gasteiger partial charge on any atom is 0.294 e. The Labute approximate surface area is 91.0 Å². The van der Waals surface area contributed by atoms with Crippen LogP contribution in [0.2, 0.25) is 0 Å². The van der Waals surface area contributed by atoms with Crippen LogP contribution in [-0.4, -0.2) is 10.8 Å². The Kier molecular flexibility index (Phi) is 3.35. The topological polar surface area (TPSA) is 96.0 Å². The van der Waals surface area contributed by atoms with Crippen LogP contribution in [-0.2, 0) is 4.79 Å². The summed E-state index contributed by atoms with van der Waals surface area (Å²) < 4.78 is 0. The minimum atomic E-state index is -0.667. The molecule has 1 aromatic rings. The molecule has 1 aromatic carbocycles. The first-order valence-electron chi connectivity index (χ1n) is 4.20. The summed E-state index contributed by atoms with van der Waals surface area (Å²) in [5, 5.41) is 21.6. The highest BCUT2D eigenvalue weighted by Gasteiger charge is 2.15. The average Bonchev–Trinajstić information content (AvgIpc) is 2.29. The lowest BCUT2D eigenvalue weighted by atomic mass is 10.2. The normalized spacial score (nSPS) is 8.94. The molecule has 0 heterocycles. The largest absolute Gasteiger partial charge is 0.317 e. The standard InChI is InChI=1S/C10H7N3O3/c1-2-10(14)12-8-4-3-7(6-11)5-9(8)13(15)16/h2-5H,1H2,(H,12,14). The maximum absolute atomic E-state index is 11.0. The molecular formula is C10H7N3O3. The second kappa shape index (κ2) is 4.70. The van der Waals surface area contributed by atoms with Gasteiger partial charge in [-0.2, -0.15) is 5.26 Å². The molecule has 0 aromatic heterocycles. The van der Waals surface area contributed by atoms with Gasteiger partial charge in [0.05, 0.1) is 16.6 Å². The van der Waals surface area contributed by atoms with E-state index in [-0.39, 0.29) is 16.9 Å². The number of nitriles is 1. The van der Waals surface area contributed by atoms with Crippen LogP contribution in [0.4, 0.5) is 11.4 Å². The number of benzene rings is 1. The highest BCUT2D eigenvalue weighted by Crippen LogP contribution is 2.25. The van der Waals surface area contributed by atoms with Gasteiger partial charge in [0, 0.05) is 6.07 Å². The third-order valence-corrected chi connectivity index (χ3v) is 1.77. The van der Waals surface area contributed by atoms with Crippen LogP contribution in [0.15, 0.2) is 30.9 Å². The molecule has 0 fully saturated rings.